The Labute approximate surface area is 484 Å². The summed E-state index contributed by atoms with van der Waals surface area (Å²) < 4.78 is 16.9. The molecule has 0 spiro atoms. The Morgan fingerprint density at radius 2 is 0.500 bits per heavy atom. The molecule has 0 aliphatic heterocycles. The van der Waals surface area contributed by atoms with Gasteiger partial charge in [0.05, 0.1) is 0 Å². The Bertz CT molecular complexity index is 1440. The predicted molar refractivity (Wildman–Crippen MR) is 339 cm³/mol. The first-order chi connectivity index (χ1) is 38.5. The summed E-state index contributed by atoms with van der Waals surface area (Å²) in [5.41, 5.74) is 0. The van der Waals surface area contributed by atoms with E-state index in [-0.39, 0.29) is 31.1 Å². The summed E-state index contributed by atoms with van der Waals surface area (Å²) in [6, 6.07) is 0. The minimum atomic E-state index is -0.787. The van der Waals surface area contributed by atoms with Crippen LogP contribution in [0.4, 0.5) is 0 Å². The van der Waals surface area contributed by atoms with Gasteiger partial charge in [0.25, 0.3) is 0 Å². The van der Waals surface area contributed by atoms with E-state index in [1.54, 1.807) is 0 Å². The van der Waals surface area contributed by atoms with Crippen molar-refractivity contribution in [1.82, 2.24) is 0 Å². The van der Waals surface area contributed by atoms with E-state index < -0.39 is 6.10 Å². The van der Waals surface area contributed by atoms with Crippen LogP contribution in [0.15, 0.2) is 72.9 Å². The fraction of sp³-hybridized carbons (Fsp3) is 0.792. The van der Waals surface area contributed by atoms with Gasteiger partial charge in [0.1, 0.15) is 13.2 Å². The van der Waals surface area contributed by atoms with Crippen LogP contribution in [0.25, 0.3) is 0 Å². The first kappa shape index (κ1) is 74.8. The van der Waals surface area contributed by atoms with Gasteiger partial charge in [0.15, 0.2) is 6.10 Å². The van der Waals surface area contributed by atoms with Crippen molar-refractivity contribution in [3.8, 4) is 0 Å². The van der Waals surface area contributed by atoms with Crippen molar-refractivity contribution in [1.29, 1.82) is 0 Å². The second kappa shape index (κ2) is 66.4. The lowest BCUT2D eigenvalue weighted by atomic mass is 10.0. The average Bonchev–Trinajstić information content (AvgIpc) is 3.44. The van der Waals surface area contributed by atoms with Gasteiger partial charge >= 0.3 is 17.9 Å². The van der Waals surface area contributed by atoms with E-state index >= 15 is 0 Å². The predicted octanol–water partition coefficient (Wildman–Crippen LogP) is 23.3. The molecular formula is C72H128O6. The molecule has 78 heavy (non-hydrogen) atoms. The van der Waals surface area contributed by atoms with Crippen molar-refractivity contribution >= 4 is 17.9 Å². The van der Waals surface area contributed by atoms with Crippen molar-refractivity contribution in [3.63, 3.8) is 0 Å². The van der Waals surface area contributed by atoms with Gasteiger partial charge in [0.2, 0.25) is 0 Å². The maximum Gasteiger partial charge on any atom is 0.306 e. The summed E-state index contributed by atoms with van der Waals surface area (Å²) >= 11 is 0. The molecule has 0 radical (unpaired) electrons. The van der Waals surface area contributed by atoms with Crippen LogP contribution in [0.5, 0.6) is 0 Å². The molecule has 0 aromatic carbocycles. The minimum absolute atomic E-state index is 0.0826. The SMILES string of the molecule is CC/C=C\C/C=C\C/C=C\CCCCCC(=O)OCC(COC(=O)CCCCCCCCCCCCCC/C=C\C/C=C\C/C=C\CCCCCCC)OC(=O)CCCCCCCCCCCCCCCCCCCCCC. The second-order valence-electron chi connectivity index (χ2n) is 22.7. The molecule has 0 bridgehead atoms. The third kappa shape index (κ3) is 63.7. The lowest BCUT2D eigenvalue weighted by molar-refractivity contribution is -0.167. The van der Waals surface area contributed by atoms with Gasteiger partial charge in [-0.25, -0.2) is 0 Å². The summed E-state index contributed by atoms with van der Waals surface area (Å²) in [5, 5.41) is 0. The van der Waals surface area contributed by atoms with Crippen LogP contribution in [-0.2, 0) is 28.6 Å². The van der Waals surface area contributed by atoms with E-state index in [4.69, 9.17) is 14.2 Å². The third-order valence-electron chi connectivity index (χ3n) is 14.9. The van der Waals surface area contributed by atoms with Gasteiger partial charge in [-0.2, -0.15) is 0 Å². The number of rotatable bonds is 62. The van der Waals surface area contributed by atoms with Crippen LogP contribution < -0.4 is 0 Å². The first-order valence-electron chi connectivity index (χ1n) is 33.9. The average molecular weight is 1090 g/mol. The van der Waals surface area contributed by atoms with E-state index in [0.717, 1.165) is 96.3 Å². The number of carbonyl (C=O) groups excluding carboxylic acids is 3. The molecule has 452 valence electrons. The molecule has 6 nitrogen and oxygen atoms in total. The van der Waals surface area contributed by atoms with Crippen LogP contribution >= 0.6 is 0 Å². The molecule has 0 N–H and O–H groups in total. The molecule has 1 unspecified atom stereocenters. The van der Waals surface area contributed by atoms with Gasteiger partial charge in [0, 0.05) is 19.3 Å². The van der Waals surface area contributed by atoms with E-state index in [2.05, 4.69) is 93.7 Å². The van der Waals surface area contributed by atoms with Gasteiger partial charge < -0.3 is 14.2 Å². The largest absolute Gasteiger partial charge is 0.462 e. The van der Waals surface area contributed by atoms with Gasteiger partial charge in [-0.15, -0.1) is 0 Å². The van der Waals surface area contributed by atoms with Crippen molar-refractivity contribution in [3.05, 3.63) is 72.9 Å². The van der Waals surface area contributed by atoms with Crippen molar-refractivity contribution < 1.29 is 28.6 Å². The fourth-order valence-corrected chi connectivity index (χ4v) is 9.88. The molecule has 0 saturated carbocycles. The molecule has 0 fully saturated rings. The Morgan fingerprint density at radius 1 is 0.269 bits per heavy atom. The second-order valence-corrected chi connectivity index (χ2v) is 22.7. The summed E-state index contributed by atoms with van der Waals surface area (Å²) in [4.78, 5) is 38.3. The topological polar surface area (TPSA) is 78.9 Å². The Kier molecular flexibility index (Phi) is 63.7. The summed E-state index contributed by atoms with van der Waals surface area (Å²) in [6.45, 7) is 6.54. The van der Waals surface area contributed by atoms with E-state index in [0.29, 0.717) is 19.3 Å². The molecule has 6 heteroatoms. The zero-order chi connectivity index (χ0) is 56.4. The lowest BCUT2D eigenvalue weighted by Gasteiger charge is -2.18. The highest BCUT2D eigenvalue weighted by molar-refractivity contribution is 5.71. The molecule has 1 atom stereocenters. The number of hydrogen-bond donors (Lipinski definition) is 0. The van der Waals surface area contributed by atoms with Gasteiger partial charge in [-0.05, 0) is 89.9 Å². The number of unbranched alkanes of at least 4 members (excludes halogenated alkanes) is 39. The molecule has 0 heterocycles. The van der Waals surface area contributed by atoms with E-state index in [9.17, 15) is 14.4 Å². The highest BCUT2D eigenvalue weighted by atomic mass is 16.6. The van der Waals surface area contributed by atoms with Crippen LogP contribution in [0.3, 0.4) is 0 Å². The Hall–Kier alpha value is -3.15. The van der Waals surface area contributed by atoms with Crippen LogP contribution in [-0.4, -0.2) is 37.2 Å². The number of hydrogen-bond acceptors (Lipinski definition) is 6. The quantitative estimate of drug-likeness (QED) is 0.0261. The smallest absolute Gasteiger partial charge is 0.306 e. The number of carbonyl (C=O) groups is 3. The van der Waals surface area contributed by atoms with Gasteiger partial charge in [-0.1, -0.05) is 312 Å². The van der Waals surface area contributed by atoms with E-state index in [1.165, 1.54) is 212 Å². The van der Waals surface area contributed by atoms with Crippen LogP contribution in [0, 0.1) is 0 Å². The maximum atomic E-state index is 12.9. The number of esters is 3. The molecule has 0 aromatic heterocycles. The normalized spacial score (nSPS) is 12.5. The first-order valence-corrected chi connectivity index (χ1v) is 33.9. The zero-order valence-electron chi connectivity index (χ0n) is 51.9. The monoisotopic (exact) mass is 1090 g/mol. The number of allylic oxidation sites excluding steroid dienone is 12. The molecule has 0 rings (SSSR count). The molecule has 0 amide bonds. The number of ether oxygens (including phenoxy) is 3. The van der Waals surface area contributed by atoms with Crippen LogP contribution in [0.2, 0.25) is 0 Å². The summed E-state index contributed by atoms with van der Waals surface area (Å²) in [7, 11) is 0. The Balaban J connectivity index is 4.27. The minimum Gasteiger partial charge on any atom is -0.462 e. The highest BCUT2D eigenvalue weighted by Crippen LogP contribution is 2.18. The lowest BCUT2D eigenvalue weighted by Crippen LogP contribution is -2.30. The Morgan fingerprint density at radius 3 is 0.795 bits per heavy atom. The van der Waals surface area contributed by atoms with Crippen molar-refractivity contribution in [2.75, 3.05) is 13.2 Å². The molecular weight excluding hydrogens is 961 g/mol. The maximum absolute atomic E-state index is 12.9. The molecule has 0 aliphatic carbocycles. The fourth-order valence-electron chi connectivity index (χ4n) is 9.88. The summed E-state index contributed by atoms with van der Waals surface area (Å²) in [5.74, 6) is -0.896. The van der Waals surface area contributed by atoms with Crippen molar-refractivity contribution in [2.45, 2.75) is 354 Å². The molecule has 0 saturated heterocycles. The zero-order valence-corrected chi connectivity index (χ0v) is 51.9. The molecule has 0 aromatic rings. The summed E-state index contributed by atoms with van der Waals surface area (Å²) in [6.07, 6.45) is 86.4. The van der Waals surface area contributed by atoms with Gasteiger partial charge in [-0.3, -0.25) is 14.4 Å². The highest BCUT2D eigenvalue weighted by Gasteiger charge is 2.19. The van der Waals surface area contributed by atoms with Crippen LogP contribution in [0.1, 0.15) is 348 Å². The van der Waals surface area contributed by atoms with Crippen molar-refractivity contribution in [2.24, 2.45) is 0 Å². The standard InChI is InChI=1S/C72H128O6/c1-4-7-10-13-16-19-22-25-27-29-31-33-34-35-36-37-38-39-41-42-44-47-50-53-56-59-62-65-71(74)77-68-69(67-76-70(73)64-61-58-55-52-49-46-24-21-18-15-12-9-6-3)78-72(75)66-63-60-57-54-51-48-45-43-40-32-30-28-26-23-20-17-14-11-8-5-2/h9,12,18,21-22,25,29,31,34-35,46,49,69H,4-8,10-11,13-17,19-20,23-24,26-28,30,32-33,36-45,47-48,50-68H2,1-3H3/b12-9-,21-18-,25-22-,31-29-,35-34-,49-46-. The van der Waals surface area contributed by atoms with E-state index in [1.807, 2.05) is 0 Å². The third-order valence-corrected chi connectivity index (χ3v) is 14.9. The molecule has 0 aliphatic rings.